The maximum Gasteiger partial charge on any atom is 0.197 e. The molecule has 2 aliphatic carbocycles. The van der Waals surface area contributed by atoms with Crippen molar-refractivity contribution in [2.45, 2.75) is 68.5 Å². The molecule has 0 amide bonds. The fraction of sp³-hybridized carbons (Fsp3) is 0.481. The molecule has 3 aliphatic rings. The number of fused-ring (bicyclic) bond motifs is 3. The summed E-state index contributed by atoms with van der Waals surface area (Å²) in [5, 5.41) is 65.2. The van der Waals surface area contributed by atoms with Gasteiger partial charge in [0.1, 0.15) is 35.6 Å². The SMILES string of the molecule is COc1cccc2c1C(O)c1c(O)c3c(c(O)c1C2=O)C[C@@](O)(C(=O)CO)C[C@@H]3OC1C[C@H](N)[C@H](O)[C@H](C)O1. The van der Waals surface area contributed by atoms with E-state index in [9.17, 15) is 40.2 Å². The lowest BCUT2D eigenvalue weighted by molar-refractivity contribution is -0.247. The first-order valence-electron chi connectivity index (χ1n) is 12.5. The summed E-state index contributed by atoms with van der Waals surface area (Å²) in [5.74, 6) is -2.66. The molecule has 1 aliphatic heterocycles. The van der Waals surface area contributed by atoms with E-state index in [0.29, 0.717) is 0 Å². The fourth-order valence-electron chi connectivity index (χ4n) is 5.92. The highest BCUT2D eigenvalue weighted by molar-refractivity contribution is 6.15. The number of methoxy groups -OCH3 is 1. The minimum atomic E-state index is -2.22. The molecule has 0 radical (unpaired) electrons. The fourth-order valence-corrected chi connectivity index (χ4v) is 5.92. The molecule has 5 rings (SSSR count). The first-order valence-corrected chi connectivity index (χ1v) is 12.5. The summed E-state index contributed by atoms with van der Waals surface area (Å²) in [6, 6.07) is 3.81. The maximum atomic E-state index is 13.5. The van der Waals surface area contributed by atoms with Crippen LogP contribution in [0.4, 0.5) is 0 Å². The lowest BCUT2D eigenvalue weighted by Crippen LogP contribution is -2.53. The molecule has 8 N–H and O–H groups in total. The van der Waals surface area contributed by atoms with Crippen LogP contribution in [0.15, 0.2) is 18.2 Å². The number of carbonyl (C=O) groups is 2. The van der Waals surface area contributed by atoms with Gasteiger partial charge in [0.05, 0.1) is 31.0 Å². The Balaban J connectivity index is 1.68. The molecule has 2 aromatic carbocycles. The van der Waals surface area contributed by atoms with Gasteiger partial charge in [-0.05, 0) is 13.0 Å². The van der Waals surface area contributed by atoms with Gasteiger partial charge < -0.3 is 50.6 Å². The molecule has 12 nitrogen and oxygen atoms in total. The van der Waals surface area contributed by atoms with Gasteiger partial charge in [-0.1, -0.05) is 12.1 Å². The molecular weight excluding hydrogens is 514 g/mol. The molecular formula is C27H31NO11. The van der Waals surface area contributed by atoms with Crippen LogP contribution in [0.25, 0.3) is 0 Å². The number of aliphatic hydroxyl groups excluding tert-OH is 3. The number of aliphatic hydroxyl groups is 4. The largest absolute Gasteiger partial charge is 0.507 e. The normalized spacial score (nSPS) is 31.7. The zero-order valence-electron chi connectivity index (χ0n) is 21.3. The zero-order chi connectivity index (χ0) is 28.4. The van der Waals surface area contributed by atoms with Crippen molar-refractivity contribution >= 4 is 11.6 Å². The predicted molar refractivity (Wildman–Crippen MR) is 132 cm³/mol. The number of ether oxygens (including phenoxy) is 3. The second-order valence-electron chi connectivity index (χ2n) is 10.3. The van der Waals surface area contributed by atoms with E-state index in [4.69, 9.17) is 19.9 Å². The Kier molecular flexibility index (Phi) is 6.92. The summed E-state index contributed by atoms with van der Waals surface area (Å²) >= 11 is 0. The number of rotatable bonds is 5. The van der Waals surface area contributed by atoms with Crippen molar-refractivity contribution in [2.75, 3.05) is 13.7 Å². The average molecular weight is 546 g/mol. The van der Waals surface area contributed by atoms with Gasteiger partial charge in [0.2, 0.25) is 0 Å². The van der Waals surface area contributed by atoms with Crippen LogP contribution in [0.3, 0.4) is 0 Å². The van der Waals surface area contributed by atoms with Crippen LogP contribution >= 0.6 is 0 Å². The summed E-state index contributed by atoms with van der Waals surface area (Å²) < 4.78 is 17.1. The van der Waals surface area contributed by atoms with Crippen LogP contribution < -0.4 is 10.5 Å². The van der Waals surface area contributed by atoms with Crippen molar-refractivity contribution in [3.05, 3.63) is 51.6 Å². The predicted octanol–water partition coefficient (Wildman–Crippen LogP) is -0.148. The van der Waals surface area contributed by atoms with Gasteiger partial charge >= 0.3 is 0 Å². The van der Waals surface area contributed by atoms with E-state index in [0.717, 1.165) is 0 Å². The topological polar surface area (TPSA) is 209 Å². The van der Waals surface area contributed by atoms with Gasteiger partial charge in [-0.3, -0.25) is 9.59 Å². The van der Waals surface area contributed by atoms with E-state index in [2.05, 4.69) is 0 Å². The highest BCUT2D eigenvalue weighted by Gasteiger charge is 2.50. The van der Waals surface area contributed by atoms with Crippen molar-refractivity contribution in [1.29, 1.82) is 0 Å². The molecule has 1 heterocycles. The van der Waals surface area contributed by atoms with Crippen molar-refractivity contribution in [3.63, 3.8) is 0 Å². The van der Waals surface area contributed by atoms with Crippen LogP contribution in [-0.2, 0) is 20.7 Å². The summed E-state index contributed by atoms with van der Waals surface area (Å²) in [4.78, 5) is 26.2. The second-order valence-corrected chi connectivity index (χ2v) is 10.3. The lowest BCUT2D eigenvalue weighted by Gasteiger charge is -2.42. The monoisotopic (exact) mass is 545 g/mol. The van der Waals surface area contributed by atoms with Crippen molar-refractivity contribution < 1.29 is 54.4 Å². The van der Waals surface area contributed by atoms with E-state index in [1.54, 1.807) is 13.0 Å². The molecule has 2 aromatic rings. The van der Waals surface area contributed by atoms with Crippen LogP contribution in [0, 0.1) is 0 Å². The summed E-state index contributed by atoms with van der Waals surface area (Å²) in [7, 11) is 1.36. The van der Waals surface area contributed by atoms with Crippen molar-refractivity contribution in [1.82, 2.24) is 0 Å². The molecule has 0 bridgehead atoms. The third-order valence-corrected chi connectivity index (χ3v) is 7.98. The molecule has 0 aromatic heterocycles. The molecule has 1 saturated heterocycles. The maximum absolute atomic E-state index is 13.5. The lowest BCUT2D eigenvalue weighted by atomic mass is 9.71. The van der Waals surface area contributed by atoms with Crippen LogP contribution in [0.5, 0.6) is 17.2 Å². The molecule has 7 atom stereocenters. The van der Waals surface area contributed by atoms with E-state index in [1.165, 1.54) is 19.2 Å². The van der Waals surface area contributed by atoms with E-state index in [1.807, 2.05) is 0 Å². The van der Waals surface area contributed by atoms with Gasteiger partial charge in [-0.25, -0.2) is 0 Å². The van der Waals surface area contributed by atoms with Gasteiger partial charge in [-0.2, -0.15) is 0 Å². The Morgan fingerprint density at radius 3 is 2.54 bits per heavy atom. The number of hydrogen-bond donors (Lipinski definition) is 7. The van der Waals surface area contributed by atoms with Gasteiger partial charge in [0, 0.05) is 53.1 Å². The number of nitrogens with two attached hydrogens (primary N) is 1. The summed E-state index contributed by atoms with van der Waals surface area (Å²) in [6.07, 6.45) is -6.53. The Bertz CT molecular complexity index is 1330. The number of phenolic OH excluding ortho intramolecular Hbond substituents is 2. The number of carbonyl (C=O) groups excluding carboxylic acids is 2. The van der Waals surface area contributed by atoms with Gasteiger partial charge in [0.15, 0.2) is 17.9 Å². The average Bonchev–Trinajstić information content (AvgIpc) is 2.90. The smallest absolute Gasteiger partial charge is 0.197 e. The highest BCUT2D eigenvalue weighted by atomic mass is 16.7. The number of aromatic hydroxyl groups is 2. The van der Waals surface area contributed by atoms with E-state index >= 15 is 0 Å². The van der Waals surface area contributed by atoms with Gasteiger partial charge in [0.25, 0.3) is 0 Å². The minimum absolute atomic E-state index is 0.0348. The molecule has 0 spiro atoms. The van der Waals surface area contributed by atoms with Gasteiger partial charge in [-0.15, -0.1) is 0 Å². The Hall–Kier alpha value is -3.10. The third-order valence-electron chi connectivity index (χ3n) is 7.98. The molecule has 210 valence electrons. The Labute approximate surface area is 223 Å². The molecule has 12 heteroatoms. The molecule has 39 heavy (non-hydrogen) atoms. The summed E-state index contributed by atoms with van der Waals surface area (Å²) in [5.41, 5.74) is 3.10. The second kappa shape index (κ2) is 9.82. The first-order chi connectivity index (χ1) is 18.4. The molecule has 1 fully saturated rings. The standard InChI is InChI=1S/C27H31NO11/c1-10-22(31)13(28)6-17(38-10)39-15-8-27(36,16(30)9-29)7-12-19(15)26(35)21-20(24(12)33)23(32)11-4-3-5-14(37-2)18(11)25(21)34/h3-5,10,13,15,17,22,25,29,31,33-36H,6-9,28H2,1-2H3/t10-,13-,15-,17?,22+,25?,27-/m0/s1. The number of benzene rings is 2. The van der Waals surface area contributed by atoms with Crippen LogP contribution in [0.2, 0.25) is 0 Å². The number of ketones is 2. The minimum Gasteiger partial charge on any atom is -0.507 e. The Morgan fingerprint density at radius 1 is 1.18 bits per heavy atom. The first kappa shape index (κ1) is 27.5. The quantitative estimate of drug-likeness (QED) is 0.245. The number of Topliss-reactive ketones (excluding diaryl/α,β-unsaturated/α-hetero) is 1. The molecule has 0 saturated carbocycles. The van der Waals surface area contributed by atoms with E-state index < -0.39 is 84.9 Å². The molecule has 2 unspecified atom stereocenters. The zero-order valence-corrected chi connectivity index (χ0v) is 21.3. The number of hydrogen-bond acceptors (Lipinski definition) is 12. The van der Waals surface area contributed by atoms with Crippen molar-refractivity contribution in [2.24, 2.45) is 5.73 Å². The Morgan fingerprint density at radius 2 is 1.90 bits per heavy atom. The third kappa shape index (κ3) is 4.19. The highest BCUT2D eigenvalue weighted by Crippen LogP contribution is 2.54. The summed E-state index contributed by atoms with van der Waals surface area (Å²) in [6.45, 7) is 0.585. The van der Waals surface area contributed by atoms with Crippen LogP contribution in [-0.4, -0.2) is 86.1 Å². The number of phenols is 2. The van der Waals surface area contributed by atoms with Crippen molar-refractivity contribution in [3.8, 4) is 17.2 Å². The van der Waals surface area contributed by atoms with E-state index in [-0.39, 0.29) is 45.6 Å². The van der Waals surface area contributed by atoms with Crippen LogP contribution in [0.1, 0.15) is 70.1 Å².